The van der Waals surface area contributed by atoms with Gasteiger partial charge >= 0.3 is 10.1 Å². The van der Waals surface area contributed by atoms with Crippen molar-refractivity contribution in [1.29, 1.82) is 0 Å². The van der Waals surface area contributed by atoms with Crippen molar-refractivity contribution in [2.24, 2.45) is 5.92 Å². The quantitative estimate of drug-likeness (QED) is 0.574. The average Bonchev–Trinajstić information content (AvgIpc) is 2.60. The monoisotopic (exact) mass is 423 g/mol. The molecule has 0 fully saturated rings. The molecule has 0 spiro atoms. The Morgan fingerprint density at radius 2 is 1.75 bits per heavy atom. The SMILES string of the molecule is CC(C)CN(Cc1cccc(OS(=O)(=O)C(C)C)c1)C(=O)c1ccccc1Cl. The summed E-state index contributed by atoms with van der Waals surface area (Å²) in [6.07, 6.45) is 0. The van der Waals surface area contributed by atoms with Crippen LogP contribution in [0.5, 0.6) is 5.75 Å². The van der Waals surface area contributed by atoms with Crippen LogP contribution in [-0.4, -0.2) is 31.0 Å². The molecule has 0 saturated carbocycles. The smallest absolute Gasteiger partial charge is 0.311 e. The van der Waals surface area contributed by atoms with Crippen molar-refractivity contribution in [1.82, 2.24) is 4.90 Å². The normalized spacial score (nSPS) is 11.7. The van der Waals surface area contributed by atoms with E-state index >= 15 is 0 Å². The van der Waals surface area contributed by atoms with E-state index in [0.717, 1.165) is 5.56 Å². The number of carbonyl (C=O) groups is 1. The Morgan fingerprint density at radius 3 is 2.36 bits per heavy atom. The molecule has 0 saturated heterocycles. The van der Waals surface area contributed by atoms with Crippen LogP contribution in [0.4, 0.5) is 0 Å². The predicted molar refractivity (Wildman–Crippen MR) is 112 cm³/mol. The van der Waals surface area contributed by atoms with Gasteiger partial charge in [0, 0.05) is 13.1 Å². The summed E-state index contributed by atoms with van der Waals surface area (Å²) in [5.41, 5.74) is 1.22. The van der Waals surface area contributed by atoms with Gasteiger partial charge < -0.3 is 9.08 Å². The number of nitrogens with zero attached hydrogens (tertiary/aromatic N) is 1. The molecule has 0 N–H and O–H groups in total. The molecule has 0 aliphatic carbocycles. The lowest BCUT2D eigenvalue weighted by atomic mass is 10.1. The van der Waals surface area contributed by atoms with Crippen LogP contribution in [0.1, 0.15) is 43.6 Å². The van der Waals surface area contributed by atoms with Crippen LogP contribution in [0.25, 0.3) is 0 Å². The average molecular weight is 424 g/mol. The Labute approximate surface area is 172 Å². The maximum Gasteiger partial charge on any atom is 0.311 e. The topological polar surface area (TPSA) is 63.7 Å². The van der Waals surface area contributed by atoms with E-state index < -0.39 is 15.4 Å². The maximum absolute atomic E-state index is 13.0. The number of hydrogen-bond acceptors (Lipinski definition) is 4. The van der Waals surface area contributed by atoms with Gasteiger partial charge in [-0.3, -0.25) is 4.79 Å². The van der Waals surface area contributed by atoms with Gasteiger partial charge in [-0.2, -0.15) is 8.42 Å². The van der Waals surface area contributed by atoms with Crippen LogP contribution in [0.15, 0.2) is 48.5 Å². The minimum Gasteiger partial charge on any atom is -0.382 e. The van der Waals surface area contributed by atoms with Gasteiger partial charge in [0.2, 0.25) is 0 Å². The van der Waals surface area contributed by atoms with Crippen LogP contribution in [-0.2, 0) is 16.7 Å². The second-order valence-corrected chi connectivity index (χ2v) is 9.83. The minimum absolute atomic E-state index is 0.166. The highest BCUT2D eigenvalue weighted by Gasteiger charge is 2.21. The fourth-order valence-electron chi connectivity index (χ4n) is 2.61. The first-order valence-electron chi connectivity index (χ1n) is 9.16. The van der Waals surface area contributed by atoms with Gasteiger partial charge in [-0.15, -0.1) is 0 Å². The van der Waals surface area contributed by atoms with E-state index in [9.17, 15) is 13.2 Å². The van der Waals surface area contributed by atoms with Crippen molar-refractivity contribution >= 4 is 27.6 Å². The molecule has 0 bridgehead atoms. The second-order valence-electron chi connectivity index (χ2n) is 7.33. The Bertz CT molecular complexity index is 926. The molecule has 2 aromatic carbocycles. The molecule has 28 heavy (non-hydrogen) atoms. The summed E-state index contributed by atoms with van der Waals surface area (Å²) < 4.78 is 29.2. The number of rotatable bonds is 8. The van der Waals surface area contributed by atoms with Crippen molar-refractivity contribution in [3.05, 3.63) is 64.7 Å². The van der Waals surface area contributed by atoms with Gasteiger partial charge in [-0.05, 0) is 49.6 Å². The second kappa shape index (κ2) is 9.43. The lowest BCUT2D eigenvalue weighted by Gasteiger charge is -2.25. The van der Waals surface area contributed by atoms with Crippen molar-refractivity contribution < 1.29 is 17.4 Å². The summed E-state index contributed by atoms with van der Waals surface area (Å²) >= 11 is 6.20. The number of hydrogen-bond donors (Lipinski definition) is 0. The third-order valence-electron chi connectivity index (χ3n) is 4.04. The molecule has 152 valence electrons. The molecule has 0 atom stereocenters. The summed E-state index contributed by atoms with van der Waals surface area (Å²) in [6, 6.07) is 13.7. The predicted octanol–water partition coefficient (Wildman–Crippen LogP) is 4.76. The van der Waals surface area contributed by atoms with Crippen LogP contribution >= 0.6 is 11.6 Å². The van der Waals surface area contributed by atoms with Crippen LogP contribution < -0.4 is 4.18 Å². The molecule has 0 heterocycles. The molecule has 0 aromatic heterocycles. The summed E-state index contributed by atoms with van der Waals surface area (Å²) in [6.45, 7) is 8.04. The third kappa shape index (κ3) is 5.97. The lowest BCUT2D eigenvalue weighted by Crippen LogP contribution is -2.34. The lowest BCUT2D eigenvalue weighted by molar-refractivity contribution is 0.0722. The number of halogens is 1. The van der Waals surface area contributed by atoms with E-state index in [1.54, 1.807) is 61.2 Å². The van der Waals surface area contributed by atoms with Crippen molar-refractivity contribution in [2.45, 2.75) is 39.5 Å². The van der Waals surface area contributed by atoms with E-state index in [0.29, 0.717) is 23.7 Å². The van der Waals surface area contributed by atoms with E-state index in [1.807, 2.05) is 19.9 Å². The first-order valence-corrected chi connectivity index (χ1v) is 11.0. The van der Waals surface area contributed by atoms with Gasteiger partial charge in [-0.25, -0.2) is 0 Å². The first kappa shape index (κ1) is 22.2. The molecule has 0 aliphatic rings. The zero-order valence-electron chi connectivity index (χ0n) is 16.6. The molecule has 5 nitrogen and oxygen atoms in total. The third-order valence-corrected chi connectivity index (χ3v) is 5.95. The molecule has 1 amide bonds. The zero-order valence-corrected chi connectivity index (χ0v) is 18.1. The maximum atomic E-state index is 13.0. The van der Waals surface area contributed by atoms with Gasteiger partial charge in [0.05, 0.1) is 15.8 Å². The van der Waals surface area contributed by atoms with E-state index in [-0.39, 0.29) is 17.6 Å². The number of benzene rings is 2. The van der Waals surface area contributed by atoms with Crippen molar-refractivity contribution in [3.8, 4) is 5.75 Å². The highest BCUT2D eigenvalue weighted by molar-refractivity contribution is 7.87. The summed E-state index contributed by atoms with van der Waals surface area (Å²) in [5, 5.41) is -0.239. The van der Waals surface area contributed by atoms with E-state index in [4.69, 9.17) is 15.8 Å². The molecular formula is C21H26ClNO4S. The molecule has 2 rings (SSSR count). The Hall–Kier alpha value is -2.05. The fourth-order valence-corrected chi connectivity index (χ4v) is 3.39. The minimum atomic E-state index is -3.68. The van der Waals surface area contributed by atoms with Crippen LogP contribution in [0, 0.1) is 5.92 Å². The van der Waals surface area contributed by atoms with Crippen LogP contribution in [0.2, 0.25) is 5.02 Å². The summed E-state index contributed by atoms with van der Waals surface area (Å²) in [4.78, 5) is 14.7. The standard InChI is InChI=1S/C21H26ClNO4S/c1-15(2)13-23(21(24)19-10-5-6-11-20(19)22)14-17-8-7-9-18(12-17)27-28(25,26)16(3)4/h5-12,15-16H,13-14H2,1-4H3. The van der Waals surface area contributed by atoms with Gasteiger partial charge in [-0.1, -0.05) is 49.7 Å². The highest BCUT2D eigenvalue weighted by Crippen LogP contribution is 2.22. The largest absolute Gasteiger partial charge is 0.382 e. The Kier molecular flexibility index (Phi) is 7.49. The molecule has 0 radical (unpaired) electrons. The Morgan fingerprint density at radius 1 is 1.07 bits per heavy atom. The van der Waals surface area contributed by atoms with Gasteiger partial charge in [0.15, 0.2) is 0 Å². The molecule has 0 aliphatic heterocycles. The zero-order chi connectivity index (χ0) is 20.9. The van der Waals surface area contributed by atoms with Gasteiger partial charge in [0.1, 0.15) is 5.75 Å². The molecular weight excluding hydrogens is 398 g/mol. The Balaban J connectivity index is 2.27. The summed E-state index contributed by atoms with van der Waals surface area (Å²) in [5.74, 6) is 0.327. The van der Waals surface area contributed by atoms with E-state index in [1.165, 1.54) is 0 Å². The summed E-state index contributed by atoms with van der Waals surface area (Å²) in [7, 11) is -3.68. The molecule has 7 heteroatoms. The first-order chi connectivity index (χ1) is 13.1. The highest BCUT2D eigenvalue weighted by atomic mass is 35.5. The van der Waals surface area contributed by atoms with Crippen molar-refractivity contribution in [2.75, 3.05) is 6.54 Å². The number of amides is 1. The molecule has 2 aromatic rings. The number of carbonyl (C=O) groups excluding carboxylic acids is 1. The van der Waals surface area contributed by atoms with Gasteiger partial charge in [0.25, 0.3) is 5.91 Å². The van der Waals surface area contributed by atoms with Crippen LogP contribution in [0.3, 0.4) is 0 Å². The van der Waals surface area contributed by atoms with E-state index in [2.05, 4.69) is 0 Å². The fraction of sp³-hybridized carbons (Fsp3) is 0.381. The van der Waals surface area contributed by atoms with Crippen molar-refractivity contribution in [3.63, 3.8) is 0 Å². The molecule has 0 unspecified atom stereocenters.